The van der Waals surface area contributed by atoms with Crippen molar-refractivity contribution in [2.24, 2.45) is 0 Å². The van der Waals surface area contributed by atoms with Crippen molar-refractivity contribution in [1.29, 1.82) is 0 Å². The van der Waals surface area contributed by atoms with Gasteiger partial charge in [0.1, 0.15) is 24.2 Å². The van der Waals surface area contributed by atoms with Crippen LogP contribution in [0.3, 0.4) is 0 Å². The lowest BCUT2D eigenvalue weighted by molar-refractivity contribution is -0.135. The van der Waals surface area contributed by atoms with Crippen LogP contribution in [0.15, 0.2) is 78.9 Å². The van der Waals surface area contributed by atoms with Crippen LogP contribution in [0, 0.1) is 12.7 Å². The summed E-state index contributed by atoms with van der Waals surface area (Å²) in [5, 5.41) is 10.5. The van der Waals surface area contributed by atoms with Crippen molar-refractivity contribution in [1.82, 2.24) is 20.3 Å². The Balaban J connectivity index is 1.23. The first-order chi connectivity index (χ1) is 20.8. The van der Waals surface area contributed by atoms with E-state index in [1.165, 1.54) is 16.4 Å². The fourth-order valence-corrected chi connectivity index (χ4v) is 5.89. The summed E-state index contributed by atoms with van der Waals surface area (Å²) in [4.78, 5) is 21.3. The molecule has 226 valence electrons. The molecule has 1 aromatic heterocycles. The van der Waals surface area contributed by atoms with E-state index in [4.69, 9.17) is 4.74 Å². The molecule has 3 aromatic carbocycles. The molecule has 0 bridgehead atoms. The highest BCUT2D eigenvalue weighted by Crippen LogP contribution is 2.25. The number of hydroxylamine groups is 1. The molecule has 2 atom stereocenters. The number of aromatic nitrogens is 1. The summed E-state index contributed by atoms with van der Waals surface area (Å²) in [5.41, 5.74) is 5.91. The molecule has 0 radical (unpaired) electrons. The number of anilines is 1. The summed E-state index contributed by atoms with van der Waals surface area (Å²) in [5.74, 6) is -0.372. The molecule has 5 rings (SSSR count). The van der Waals surface area contributed by atoms with E-state index < -0.39 is 23.2 Å². The summed E-state index contributed by atoms with van der Waals surface area (Å²) in [6, 6.07) is 22.1. The third-order valence-corrected chi connectivity index (χ3v) is 8.29. The van der Waals surface area contributed by atoms with Crippen molar-refractivity contribution in [2.75, 3.05) is 37.0 Å². The zero-order valence-electron chi connectivity index (χ0n) is 23.7. The van der Waals surface area contributed by atoms with Crippen molar-refractivity contribution in [3.8, 4) is 5.75 Å². The van der Waals surface area contributed by atoms with E-state index in [1.54, 1.807) is 41.9 Å². The number of fused-ring (bicyclic) bond motifs is 1. The Morgan fingerprint density at radius 1 is 1.07 bits per heavy atom. The lowest BCUT2D eigenvalue weighted by Gasteiger charge is -2.39. The number of carbonyl (C=O) groups is 1. The number of hydrogen-bond donors (Lipinski definition) is 3. The first-order valence-electron chi connectivity index (χ1n) is 13.9. The molecule has 43 heavy (non-hydrogen) atoms. The van der Waals surface area contributed by atoms with Crippen molar-refractivity contribution >= 4 is 33.8 Å². The normalized spacial score (nSPS) is 15.6. The van der Waals surface area contributed by atoms with Gasteiger partial charge in [0.2, 0.25) is 0 Å². The van der Waals surface area contributed by atoms with Crippen LogP contribution in [0.5, 0.6) is 5.75 Å². The summed E-state index contributed by atoms with van der Waals surface area (Å²) >= 11 is -2.44. The van der Waals surface area contributed by atoms with Gasteiger partial charge in [0.25, 0.3) is 17.2 Å². The number of rotatable bonds is 11. The number of hydrogen-bond acceptors (Lipinski definition) is 7. The van der Waals surface area contributed by atoms with Gasteiger partial charge in [-0.25, -0.2) is 14.1 Å². The van der Waals surface area contributed by atoms with Crippen molar-refractivity contribution < 1.29 is 27.9 Å². The molecule has 0 saturated carbocycles. The average Bonchev–Trinajstić information content (AvgIpc) is 3.02. The number of benzene rings is 3. The second kappa shape index (κ2) is 14.0. The highest BCUT2D eigenvalue weighted by atomic mass is 32.2. The van der Waals surface area contributed by atoms with Crippen LogP contribution in [-0.4, -0.2) is 73.4 Å². The number of pyridine rings is 1. The van der Waals surface area contributed by atoms with Gasteiger partial charge in [-0.2, -0.15) is 0 Å². The molecule has 10 nitrogen and oxygen atoms in total. The number of nitrogens with zero attached hydrogens (tertiary/aromatic N) is 4. The largest absolute Gasteiger partial charge is 0.489 e. The maximum absolute atomic E-state index is 13.2. The second-order valence-electron chi connectivity index (χ2n) is 10.4. The molecular formula is C31H34FN5O5S. The number of ether oxygens (including phenoxy) is 1. The maximum atomic E-state index is 13.2. The van der Waals surface area contributed by atoms with Gasteiger partial charge in [0.05, 0.1) is 17.7 Å². The predicted molar refractivity (Wildman–Crippen MR) is 162 cm³/mol. The molecule has 1 saturated heterocycles. The van der Waals surface area contributed by atoms with Gasteiger partial charge in [-0.1, -0.05) is 30.3 Å². The van der Waals surface area contributed by atoms with Gasteiger partial charge in [-0.05, 0) is 61.0 Å². The van der Waals surface area contributed by atoms with Crippen LogP contribution in [-0.2, 0) is 29.2 Å². The Morgan fingerprint density at radius 3 is 2.44 bits per heavy atom. The number of piperazine rings is 1. The minimum Gasteiger partial charge on any atom is -0.489 e. The number of amides is 1. The standard InChI is InChI=1S/C31H34FN5O5S/c1-22-18-24(28-4-2-3-5-29(28)33-22)21-42-27-12-10-26(11-13-27)37(43(40)41)20-30(31(38)34-39)36-16-14-35(15-17-36)19-23-6-8-25(32)9-7-23/h2-13,18,30,39H,14-17,19-21H2,1H3,(H,34,38)(H,40,41)/t30-/m0/s1. The van der Waals surface area contributed by atoms with E-state index in [0.717, 1.165) is 27.7 Å². The van der Waals surface area contributed by atoms with Crippen molar-refractivity contribution in [3.05, 3.63) is 102 Å². The molecule has 12 heteroatoms. The van der Waals surface area contributed by atoms with Gasteiger partial charge in [0.15, 0.2) is 0 Å². The smallest absolute Gasteiger partial charge is 0.262 e. The first-order valence-corrected chi connectivity index (χ1v) is 15.0. The highest BCUT2D eigenvalue weighted by molar-refractivity contribution is 7.80. The predicted octanol–water partition coefficient (Wildman–Crippen LogP) is 3.90. The SMILES string of the molecule is Cc1cc(COc2ccc(N(C[C@@H](C(=O)NO)N3CCN(Cc4ccc(F)cc4)CC3)S(=O)O)cc2)c2ccccc2n1. The highest BCUT2D eigenvalue weighted by Gasteiger charge is 2.32. The van der Waals surface area contributed by atoms with Crippen LogP contribution in [0.25, 0.3) is 10.9 Å². The van der Waals surface area contributed by atoms with Gasteiger partial charge < -0.3 is 4.74 Å². The topological polar surface area (TPSA) is 118 Å². The number of halogens is 1. The Kier molecular flexibility index (Phi) is 9.95. The van der Waals surface area contributed by atoms with Crippen LogP contribution in [0.2, 0.25) is 0 Å². The minimum absolute atomic E-state index is 0.129. The summed E-state index contributed by atoms with van der Waals surface area (Å²) in [6.45, 7) is 5.04. The molecule has 1 aliphatic heterocycles. The van der Waals surface area contributed by atoms with E-state index in [0.29, 0.717) is 50.8 Å². The van der Waals surface area contributed by atoms with Crippen LogP contribution in [0.4, 0.5) is 10.1 Å². The van der Waals surface area contributed by atoms with Gasteiger partial charge in [-0.15, -0.1) is 0 Å². The van der Waals surface area contributed by atoms with Crippen molar-refractivity contribution in [3.63, 3.8) is 0 Å². The van der Waals surface area contributed by atoms with E-state index in [1.807, 2.05) is 42.2 Å². The Labute approximate surface area is 252 Å². The molecule has 1 aliphatic rings. The van der Waals surface area contributed by atoms with E-state index in [9.17, 15) is 23.2 Å². The van der Waals surface area contributed by atoms with E-state index in [-0.39, 0.29) is 12.4 Å². The summed E-state index contributed by atoms with van der Waals surface area (Å²) in [7, 11) is 0. The molecule has 3 N–H and O–H groups in total. The lowest BCUT2D eigenvalue weighted by atomic mass is 10.1. The Morgan fingerprint density at radius 2 is 1.77 bits per heavy atom. The molecule has 0 aliphatic carbocycles. The fourth-order valence-electron chi connectivity index (χ4n) is 5.32. The lowest BCUT2D eigenvalue weighted by Crippen LogP contribution is -2.58. The summed E-state index contributed by atoms with van der Waals surface area (Å²) in [6.07, 6.45) is 0. The Bertz CT molecular complexity index is 1570. The fraction of sp³-hybridized carbons (Fsp3) is 0.290. The minimum atomic E-state index is -2.44. The number of aryl methyl sites for hydroxylation is 1. The van der Waals surface area contributed by atoms with Gasteiger partial charge in [0, 0.05) is 49.4 Å². The maximum Gasteiger partial charge on any atom is 0.262 e. The first kappa shape index (κ1) is 30.5. The van der Waals surface area contributed by atoms with Gasteiger partial charge in [-0.3, -0.25) is 33.6 Å². The zero-order chi connectivity index (χ0) is 30.3. The zero-order valence-corrected chi connectivity index (χ0v) is 24.5. The molecule has 2 heterocycles. The summed E-state index contributed by atoms with van der Waals surface area (Å²) < 4.78 is 43.0. The molecule has 1 unspecified atom stereocenters. The number of carbonyl (C=O) groups excluding carboxylic acids is 1. The molecular weight excluding hydrogens is 573 g/mol. The number of para-hydroxylation sites is 1. The van der Waals surface area contributed by atoms with Crippen molar-refractivity contribution in [2.45, 2.75) is 26.1 Å². The molecule has 1 amide bonds. The monoisotopic (exact) mass is 607 g/mol. The van der Waals surface area contributed by atoms with Crippen LogP contribution < -0.4 is 14.5 Å². The number of nitrogens with one attached hydrogen (secondary N) is 1. The second-order valence-corrected chi connectivity index (χ2v) is 11.3. The molecule has 1 fully saturated rings. The Hall–Kier alpha value is -3.94. The third kappa shape index (κ3) is 7.72. The molecule has 0 spiro atoms. The quantitative estimate of drug-likeness (QED) is 0.134. The van der Waals surface area contributed by atoms with E-state index in [2.05, 4.69) is 9.88 Å². The molecule has 4 aromatic rings. The average molecular weight is 608 g/mol. The van der Waals surface area contributed by atoms with E-state index >= 15 is 0 Å². The van der Waals surface area contributed by atoms with Crippen LogP contribution >= 0.6 is 0 Å². The third-order valence-electron chi connectivity index (χ3n) is 7.56. The van der Waals surface area contributed by atoms with Gasteiger partial charge >= 0.3 is 0 Å². The van der Waals surface area contributed by atoms with Crippen LogP contribution in [0.1, 0.15) is 16.8 Å².